The average Bonchev–Trinajstić information content (AvgIpc) is 2.34. The number of ether oxygens (including phenoxy) is 1. The second kappa shape index (κ2) is 5.95. The molecule has 0 bridgehead atoms. The van der Waals surface area contributed by atoms with Crippen molar-refractivity contribution in [3.63, 3.8) is 0 Å². The molecule has 0 amide bonds. The molecule has 3 N–H and O–H groups in total. The lowest BCUT2D eigenvalue weighted by Crippen LogP contribution is -1.98. The zero-order chi connectivity index (χ0) is 13.0. The minimum absolute atomic E-state index is 0.608. The number of nitrogens with one attached hydrogen (secondary N) is 1. The quantitative estimate of drug-likeness (QED) is 0.644. The third kappa shape index (κ3) is 3.29. The predicted octanol–water partition coefficient (Wildman–Crippen LogP) is 4.02. The van der Waals surface area contributed by atoms with Crippen molar-refractivity contribution < 1.29 is 4.74 Å². The summed E-state index contributed by atoms with van der Waals surface area (Å²) < 4.78 is 6.66. The van der Waals surface area contributed by atoms with Crippen molar-refractivity contribution in [1.82, 2.24) is 0 Å². The third-order valence-corrected chi connectivity index (χ3v) is 3.10. The smallest absolute Gasteiger partial charge is 0.144 e. The van der Waals surface area contributed by atoms with Crippen molar-refractivity contribution in [2.24, 2.45) is 0 Å². The lowest BCUT2D eigenvalue weighted by Gasteiger charge is -2.11. The summed E-state index contributed by atoms with van der Waals surface area (Å²) >= 11 is 2.29. The number of nitrogen functional groups attached to an aromatic ring is 1. The van der Waals surface area contributed by atoms with Gasteiger partial charge < -0.3 is 15.8 Å². The molecule has 0 spiro atoms. The molecule has 0 saturated heterocycles. The van der Waals surface area contributed by atoms with Crippen LogP contribution in [0, 0.1) is 3.57 Å². The molecule has 0 fully saturated rings. The van der Waals surface area contributed by atoms with Gasteiger partial charge in [-0.3, -0.25) is 0 Å². The molecule has 2 aromatic rings. The fraction of sp³-hybridized carbons (Fsp3) is 0.143. The number of nitrogens with two attached hydrogens (primary N) is 1. The van der Waals surface area contributed by atoms with Crippen LogP contribution in [0.2, 0.25) is 0 Å². The molecule has 0 aliphatic rings. The van der Waals surface area contributed by atoms with Crippen LogP contribution in [0.3, 0.4) is 0 Å². The van der Waals surface area contributed by atoms with Gasteiger partial charge in [-0.1, -0.05) is 6.07 Å². The molecule has 0 aliphatic carbocycles. The van der Waals surface area contributed by atoms with Crippen LogP contribution in [0.5, 0.6) is 5.75 Å². The maximum absolute atomic E-state index is 5.84. The number of hydrogen-bond donors (Lipinski definition) is 2. The van der Waals surface area contributed by atoms with E-state index in [4.69, 9.17) is 10.5 Å². The molecular weight excluding hydrogens is 339 g/mol. The van der Waals surface area contributed by atoms with Gasteiger partial charge in [0.15, 0.2) is 0 Å². The van der Waals surface area contributed by atoms with Crippen molar-refractivity contribution in [2.75, 3.05) is 17.7 Å². The summed E-state index contributed by atoms with van der Waals surface area (Å²) in [5.74, 6) is 0.716. The average molecular weight is 354 g/mol. The number of hydrogen-bond acceptors (Lipinski definition) is 3. The summed E-state index contributed by atoms with van der Waals surface area (Å²) in [6, 6.07) is 13.9. The van der Waals surface area contributed by atoms with Crippen molar-refractivity contribution in [3.8, 4) is 5.75 Å². The van der Waals surface area contributed by atoms with E-state index in [2.05, 4.69) is 40.0 Å². The van der Waals surface area contributed by atoms with E-state index < -0.39 is 0 Å². The van der Waals surface area contributed by atoms with Gasteiger partial charge in [0.1, 0.15) is 5.75 Å². The molecule has 2 rings (SSSR count). The maximum Gasteiger partial charge on any atom is 0.144 e. The largest absolute Gasteiger partial charge is 0.492 e. The molecule has 0 aliphatic heterocycles. The number of halogens is 1. The number of benzene rings is 2. The zero-order valence-corrected chi connectivity index (χ0v) is 12.3. The van der Waals surface area contributed by atoms with E-state index in [1.165, 1.54) is 3.57 Å². The molecule has 2 aromatic carbocycles. The summed E-state index contributed by atoms with van der Waals surface area (Å²) in [5, 5.41) is 3.33. The van der Waals surface area contributed by atoms with E-state index >= 15 is 0 Å². The molecule has 4 heteroatoms. The highest BCUT2D eigenvalue weighted by molar-refractivity contribution is 14.1. The third-order valence-electron chi connectivity index (χ3n) is 2.43. The Morgan fingerprint density at radius 2 is 1.94 bits per heavy atom. The molecule has 0 heterocycles. The van der Waals surface area contributed by atoms with Crippen LogP contribution in [-0.4, -0.2) is 6.61 Å². The first-order valence-corrected chi connectivity index (χ1v) is 6.82. The Kier molecular flexibility index (Phi) is 4.30. The molecule has 3 nitrogen and oxygen atoms in total. The molecule has 0 unspecified atom stereocenters. The Hall–Kier alpha value is -1.43. The zero-order valence-electron chi connectivity index (χ0n) is 10.1. The van der Waals surface area contributed by atoms with E-state index in [0.717, 1.165) is 11.4 Å². The summed E-state index contributed by atoms with van der Waals surface area (Å²) in [7, 11) is 0. The topological polar surface area (TPSA) is 47.3 Å². The minimum atomic E-state index is 0.608. The van der Waals surface area contributed by atoms with Crippen molar-refractivity contribution in [1.29, 1.82) is 0 Å². The number of anilines is 3. The van der Waals surface area contributed by atoms with Crippen molar-refractivity contribution in [2.45, 2.75) is 6.92 Å². The molecule has 0 atom stereocenters. The summed E-state index contributed by atoms with van der Waals surface area (Å²) in [6.45, 7) is 2.55. The Labute approximate surface area is 120 Å². The second-order valence-electron chi connectivity index (χ2n) is 3.82. The van der Waals surface area contributed by atoms with Crippen LogP contribution in [0.15, 0.2) is 42.5 Å². The highest BCUT2D eigenvalue weighted by Gasteiger charge is 2.02. The SMILES string of the molecule is CCOc1cc(Nc2cccc(I)c2)ccc1N. The highest BCUT2D eigenvalue weighted by atomic mass is 127. The number of rotatable bonds is 4. The van der Waals surface area contributed by atoms with Gasteiger partial charge >= 0.3 is 0 Å². The van der Waals surface area contributed by atoms with Gasteiger partial charge in [-0.15, -0.1) is 0 Å². The summed E-state index contributed by atoms with van der Waals surface area (Å²) in [6.07, 6.45) is 0. The fourth-order valence-electron chi connectivity index (χ4n) is 1.63. The van der Waals surface area contributed by atoms with Gasteiger partial charge in [-0.05, 0) is 59.8 Å². The maximum atomic E-state index is 5.84. The predicted molar refractivity (Wildman–Crippen MR) is 84.5 cm³/mol. The Morgan fingerprint density at radius 3 is 2.67 bits per heavy atom. The van der Waals surface area contributed by atoms with Crippen LogP contribution in [-0.2, 0) is 0 Å². The standard InChI is InChI=1S/C14H15IN2O/c1-2-18-14-9-12(6-7-13(14)16)17-11-5-3-4-10(15)8-11/h3-9,17H,2,16H2,1H3. The van der Waals surface area contributed by atoms with Gasteiger partial charge in [-0.2, -0.15) is 0 Å². The molecule has 0 aromatic heterocycles. The Morgan fingerprint density at radius 1 is 1.17 bits per heavy atom. The van der Waals surface area contributed by atoms with E-state index in [0.29, 0.717) is 18.0 Å². The van der Waals surface area contributed by atoms with Crippen molar-refractivity contribution >= 4 is 39.7 Å². The van der Waals surface area contributed by atoms with Gasteiger partial charge in [-0.25, -0.2) is 0 Å². The molecule has 0 radical (unpaired) electrons. The van der Waals surface area contributed by atoms with Crippen LogP contribution >= 0.6 is 22.6 Å². The summed E-state index contributed by atoms with van der Waals surface area (Å²) in [4.78, 5) is 0. The second-order valence-corrected chi connectivity index (χ2v) is 5.07. The molecule has 94 valence electrons. The lowest BCUT2D eigenvalue weighted by atomic mass is 10.2. The summed E-state index contributed by atoms with van der Waals surface area (Å²) in [5.41, 5.74) is 8.51. The monoisotopic (exact) mass is 354 g/mol. The fourth-order valence-corrected chi connectivity index (χ4v) is 2.17. The van der Waals surface area contributed by atoms with Crippen LogP contribution < -0.4 is 15.8 Å². The van der Waals surface area contributed by atoms with E-state index in [9.17, 15) is 0 Å². The van der Waals surface area contributed by atoms with Gasteiger partial charge in [0.2, 0.25) is 0 Å². The normalized spacial score (nSPS) is 10.1. The minimum Gasteiger partial charge on any atom is -0.492 e. The van der Waals surface area contributed by atoms with Gasteiger partial charge in [0.25, 0.3) is 0 Å². The lowest BCUT2D eigenvalue weighted by molar-refractivity contribution is 0.342. The Balaban J connectivity index is 2.21. The molecule has 0 saturated carbocycles. The highest BCUT2D eigenvalue weighted by Crippen LogP contribution is 2.27. The van der Waals surface area contributed by atoms with Crippen LogP contribution in [0.1, 0.15) is 6.92 Å². The van der Waals surface area contributed by atoms with Crippen molar-refractivity contribution in [3.05, 3.63) is 46.0 Å². The molecule has 18 heavy (non-hydrogen) atoms. The Bertz CT molecular complexity index is 543. The first-order valence-electron chi connectivity index (χ1n) is 5.74. The van der Waals surface area contributed by atoms with E-state index in [-0.39, 0.29) is 0 Å². The van der Waals surface area contributed by atoms with Crippen LogP contribution in [0.25, 0.3) is 0 Å². The first-order chi connectivity index (χ1) is 8.69. The van der Waals surface area contributed by atoms with Gasteiger partial charge in [0, 0.05) is 21.0 Å². The van der Waals surface area contributed by atoms with E-state index in [1.807, 2.05) is 37.3 Å². The first kappa shape index (κ1) is 13.0. The van der Waals surface area contributed by atoms with Gasteiger partial charge in [0.05, 0.1) is 12.3 Å². The van der Waals surface area contributed by atoms with E-state index in [1.54, 1.807) is 0 Å². The molecular formula is C14H15IN2O. The van der Waals surface area contributed by atoms with Crippen LogP contribution in [0.4, 0.5) is 17.1 Å².